The normalized spacial score (nSPS) is 11.1. The fraction of sp³-hybridized carbons (Fsp3) is 0.294. The van der Waals surface area contributed by atoms with Gasteiger partial charge in [0.2, 0.25) is 0 Å². The van der Waals surface area contributed by atoms with Gasteiger partial charge in [0.05, 0.1) is 12.2 Å². The molecular formula is C17H18N2O2S. The van der Waals surface area contributed by atoms with Crippen molar-refractivity contribution in [3.05, 3.63) is 52.5 Å². The van der Waals surface area contributed by atoms with Crippen LogP contribution in [0.2, 0.25) is 0 Å². The lowest BCUT2D eigenvalue weighted by Gasteiger charge is -2.02. The minimum Gasteiger partial charge on any atom is -0.477 e. The number of hydrogen-bond acceptors (Lipinski definition) is 3. The minimum atomic E-state index is -0.867. The Hall–Kier alpha value is -2.14. The van der Waals surface area contributed by atoms with Crippen molar-refractivity contribution < 1.29 is 9.90 Å². The van der Waals surface area contributed by atoms with E-state index in [1.54, 1.807) is 6.07 Å². The van der Waals surface area contributed by atoms with E-state index >= 15 is 0 Å². The number of aromatic carboxylic acids is 1. The Labute approximate surface area is 133 Å². The SMILES string of the molecule is CCCCc1nn(Cc2ccccc2)c2sc(C(=O)O)cc12. The van der Waals surface area contributed by atoms with Crippen LogP contribution in [0.3, 0.4) is 0 Å². The molecule has 0 unspecified atom stereocenters. The quantitative estimate of drug-likeness (QED) is 0.742. The molecule has 0 aliphatic rings. The van der Waals surface area contributed by atoms with Crippen molar-refractivity contribution in [3.8, 4) is 0 Å². The molecule has 2 heterocycles. The smallest absolute Gasteiger partial charge is 0.345 e. The molecule has 2 aromatic heterocycles. The second-order valence-corrected chi connectivity index (χ2v) is 6.36. The van der Waals surface area contributed by atoms with Crippen LogP contribution < -0.4 is 0 Å². The molecule has 0 amide bonds. The van der Waals surface area contributed by atoms with Crippen LogP contribution in [-0.2, 0) is 13.0 Å². The van der Waals surface area contributed by atoms with Crippen LogP contribution in [0, 0.1) is 0 Å². The highest BCUT2D eigenvalue weighted by atomic mass is 32.1. The summed E-state index contributed by atoms with van der Waals surface area (Å²) < 4.78 is 1.94. The zero-order valence-corrected chi connectivity index (χ0v) is 13.3. The maximum Gasteiger partial charge on any atom is 0.345 e. The third kappa shape index (κ3) is 2.90. The number of carboxylic acids is 1. The lowest BCUT2D eigenvalue weighted by Crippen LogP contribution is -2.02. The zero-order chi connectivity index (χ0) is 15.5. The Balaban J connectivity index is 2.02. The number of unbranched alkanes of at least 4 members (excludes halogenated alkanes) is 1. The van der Waals surface area contributed by atoms with Gasteiger partial charge in [0, 0.05) is 5.39 Å². The summed E-state index contributed by atoms with van der Waals surface area (Å²) in [7, 11) is 0. The third-order valence-electron chi connectivity index (χ3n) is 3.65. The summed E-state index contributed by atoms with van der Waals surface area (Å²) in [5, 5.41) is 14.9. The van der Waals surface area contributed by atoms with Crippen LogP contribution in [0.15, 0.2) is 36.4 Å². The Kier molecular flexibility index (Phi) is 4.24. The molecule has 0 saturated carbocycles. The Morgan fingerprint density at radius 1 is 1.32 bits per heavy atom. The molecule has 0 aliphatic carbocycles. The summed E-state index contributed by atoms with van der Waals surface area (Å²) in [6, 6.07) is 11.9. The Morgan fingerprint density at radius 3 is 2.77 bits per heavy atom. The van der Waals surface area contributed by atoms with Crippen LogP contribution in [-0.4, -0.2) is 20.9 Å². The highest BCUT2D eigenvalue weighted by molar-refractivity contribution is 7.20. The first-order valence-corrected chi connectivity index (χ1v) is 8.27. The Bertz CT molecular complexity index is 790. The van der Waals surface area contributed by atoms with Gasteiger partial charge in [-0.15, -0.1) is 11.3 Å². The molecule has 0 fully saturated rings. The molecule has 114 valence electrons. The number of fused-ring (bicyclic) bond motifs is 1. The summed E-state index contributed by atoms with van der Waals surface area (Å²) in [6.07, 6.45) is 3.06. The lowest BCUT2D eigenvalue weighted by atomic mass is 10.1. The fourth-order valence-electron chi connectivity index (χ4n) is 2.52. The van der Waals surface area contributed by atoms with Gasteiger partial charge in [0.15, 0.2) is 0 Å². The minimum absolute atomic E-state index is 0.381. The predicted molar refractivity (Wildman–Crippen MR) is 88.7 cm³/mol. The molecule has 5 heteroatoms. The van der Waals surface area contributed by atoms with Gasteiger partial charge in [-0.05, 0) is 24.5 Å². The van der Waals surface area contributed by atoms with E-state index < -0.39 is 5.97 Å². The summed E-state index contributed by atoms with van der Waals surface area (Å²) in [6.45, 7) is 2.82. The molecule has 4 nitrogen and oxygen atoms in total. The van der Waals surface area contributed by atoms with E-state index in [1.165, 1.54) is 16.9 Å². The molecule has 22 heavy (non-hydrogen) atoms. The molecule has 0 bridgehead atoms. The average molecular weight is 314 g/mol. The summed E-state index contributed by atoms with van der Waals surface area (Å²) in [4.78, 5) is 12.6. The van der Waals surface area contributed by atoms with Crippen LogP contribution in [0.25, 0.3) is 10.2 Å². The van der Waals surface area contributed by atoms with E-state index in [-0.39, 0.29) is 0 Å². The van der Waals surface area contributed by atoms with E-state index in [1.807, 2.05) is 22.9 Å². The van der Waals surface area contributed by atoms with Crippen LogP contribution >= 0.6 is 11.3 Å². The molecule has 3 aromatic rings. The maximum absolute atomic E-state index is 11.2. The Morgan fingerprint density at radius 2 is 2.09 bits per heavy atom. The highest BCUT2D eigenvalue weighted by Gasteiger charge is 2.17. The predicted octanol–water partition coefficient (Wildman–Crippen LogP) is 4.19. The average Bonchev–Trinajstić information content (AvgIpc) is 3.07. The zero-order valence-electron chi connectivity index (χ0n) is 12.5. The van der Waals surface area contributed by atoms with E-state index in [9.17, 15) is 9.90 Å². The lowest BCUT2D eigenvalue weighted by molar-refractivity contribution is 0.0702. The van der Waals surface area contributed by atoms with Crippen molar-refractivity contribution >= 4 is 27.5 Å². The molecule has 0 spiro atoms. The van der Waals surface area contributed by atoms with Crippen LogP contribution in [0.1, 0.15) is 40.7 Å². The van der Waals surface area contributed by atoms with Crippen molar-refractivity contribution in [2.45, 2.75) is 32.7 Å². The molecule has 3 rings (SSSR count). The largest absolute Gasteiger partial charge is 0.477 e. The summed E-state index contributed by atoms with van der Waals surface area (Å²) >= 11 is 1.31. The van der Waals surface area contributed by atoms with Crippen molar-refractivity contribution in [1.82, 2.24) is 9.78 Å². The number of aromatic nitrogens is 2. The third-order valence-corrected chi connectivity index (χ3v) is 4.79. The van der Waals surface area contributed by atoms with Crippen molar-refractivity contribution in [2.75, 3.05) is 0 Å². The monoisotopic (exact) mass is 314 g/mol. The van der Waals surface area contributed by atoms with Gasteiger partial charge in [-0.25, -0.2) is 4.79 Å². The number of carbonyl (C=O) groups is 1. The van der Waals surface area contributed by atoms with Gasteiger partial charge >= 0.3 is 5.97 Å². The second-order valence-electron chi connectivity index (χ2n) is 5.33. The number of benzene rings is 1. The molecule has 0 radical (unpaired) electrons. The van der Waals surface area contributed by atoms with E-state index in [2.05, 4.69) is 19.1 Å². The number of rotatable bonds is 6. The van der Waals surface area contributed by atoms with Gasteiger partial charge in [-0.3, -0.25) is 4.68 Å². The topological polar surface area (TPSA) is 55.1 Å². The van der Waals surface area contributed by atoms with Crippen LogP contribution in [0.5, 0.6) is 0 Å². The van der Waals surface area contributed by atoms with Crippen molar-refractivity contribution in [2.24, 2.45) is 0 Å². The van der Waals surface area contributed by atoms with Gasteiger partial charge < -0.3 is 5.11 Å². The second kappa shape index (κ2) is 6.32. The van der Waals surface area contributed by atoms with Gasteiger partial charge in [-0.2, -0.15) is 5.10 Å². The molecule has 0 aliphatic heterocycles. The van der Waals surface area contributed by atoms with Crippen molar-refractivity contribution in [3.63, 3.8) is 0 Å². The first kappa shape index (κ1) is 14.8. The number of carboxylic acid groups (broad SMARTS) is 1. The molecule has 0 saturated heterocycles. The molecular weight excluding hydrogens is 296 g/mol. The standard InChI is InChI=1S/C17H18N2O2S/c1-2-3-9-14-13-10-15(17(20)21)22-16(13)19(18-14)11-12-7-5-4-6-8-12/h4-8,10H,2-3,9,11H2,1H3,(H,20,21). The molecule has 1 aromatic carbocycles. The first-order chi connectivity index (χ1) is 10.7. The summed E-state index contributed by atoms with van der Waals surface area (Å²) in [5.41, 5.74) is 2.18. The van der Waals surface area contributed by atoms with E-state index in [0.717, 1.165) is 35.2 Å². The number of thiophene rings is 1. The van der Waals surface area contributed by atoms with E-state index in [4.69, 9.17) is 5.10 Å². The van der Waals surface area contributed by atoms with Gasteiger partial charge in [0.25, 0.3) is 0 Å². The van der Waals surface area contributed by atoms with Crippen molar-refractivity contribution in [1.29, 1.82) is 0 Å². The molecule has 1 N–H and O–H groups in total. The number of aryl methyl sites for hydroxylation is 1. The maximum atomic E-state index is 11.2. The number of nitrogens with zero attached hydrogens (tertiary/aromatic N) is 2. The van der Waals surface area contributed by atoms with Gasteiger partial charge in [-0.1, -0.05) is 43.7 Å². The highest BCUT2D eigenvalue weighted by Crippen LogP contribution is 2.30. The van der Waals surface area contributed by atoms with E-state index in [0.29, 0.717) is 11.4 Å². The fourth-order valence-corrected chi connectivity index (χ4v) is 3.49. The van der Waals surface area contributed by atoms with Gasteiger partial charge in [0.1, 0.15) is 9.71 Å². The van der Waals surface area contributed by atoms with Crippen LogP contribution in [0.4, 0.5) is 0 Å². The summed E-state index contributed by atoms with van der Waals surface area (Å²) in [5.74, 6) is -0.867. The molecule has 0 atom stereocenters. The number of hydrogen-bond donors (Lipinski definition) is 1. The first-order valence-electron chi connectivity index (χ1n) is 7.45.